The number of carbonyl (C=O) groups is 1. The molecule has 3 heterocycles. The van der Waals surface area contributed by atoms with Crippen LogP contribution in [0.5, 0.6) is 0 Å². The SMILES string of the molecule is CC1CN(Cc2ccc(C(=O)N3CCNCC3c3cccnc3)cc2)CC(C)O1.Cl.Cl. The average molecular weight is 467 g/mol. The molecule has 2 fully saturated rings. The van der Waals surface area contributed by atoms with Crippen LogP contribution in [-0.2, 0) is 11.3 Å². The van der Waals surface area contributed by atoms with Gasteiger partial charge in [-0.1, -0.05) is 18.2 Å². The number of rotatable bonds is 4. The van der Waals surface area contributed by atoms with Crippen LogP contribution in [0.4, 0.5) is 0 Å². The molecule has 170 valence electrons. The Balaban J connectivity index is 0.00000171. The molecule has 6 nitrogen and oxygen atoms in total. The maximum absolute atomic E-state index is 13.2. The van der Waals surface area contributed by atoms with E-state index in [-0.39, 0.29) is 49.0 Å². The van der Waals surface area contributed by atoms with Crippen molar-refractivity contribution in [3.8, 4) is 0 Å². The lowest BCUT2D eigenvalue weighted by molar-refractivity contribution is -0.0704. The molecular formula is C23H32Cl2N4O2. The highest BCUT2D eigenvalue weighted by atomic mass is 35.5. The predicted octanol–water partition coefficient (Wildman–Crippen LogP) is 3.32. The van der Waals surface area contributed by atoms with Crippen molar-refractivity contribution in [2.45, 2.75) is 38.6 Å². The molecular weight excluding hydrogens is 435 g/mol. The Labute approximate surface area is 197 Å². The molecule has 2 saturated heterocycles. The van der Waals surface area contributed by atoms with Gasteiger partial charge in [0.1, 0.15) is 0 Å². The number of carbonyl (C=O) groups excluding carboxylic acids is 1. The maximum atomic E-state index is 13.2. The van der Waals surface area contributed by atoms with Crippen molar-refractivity contribution in [1.29, 1.82) is 0 Å². The zero-order chi connectivity index (χ0) is 20.2. The number of benzene rings is 1. The van der Waals surface area contributed by atoms with Crippen molar-refractivity contribution in [3.63, 3.8) is 0 Å². The molecule has 0 saturated carbocycles. The zero-order valence-corrected chi connectivity index (χ0v) is 19.7. The maximum Gasteiger partial charge on any atom is 0.254 e. The van der Waals surface area contributed by atoms with Gasteiger partial charge in [0.25, 0.3) is 5.91 Å². The van der Waals surface area contributed by atoms with Gasteiger partial charge >= 0.3 is 0 Å². The van der Waals surface area contributed by atoms with Crippen LogP contribution in [0.2, 0.25) is 0 Å². The van der Waals surface area contributed by atoms with Crippen LogP contribution in [0.3, 0.4) is 0 Å². The monoisotopic (exact) mass is 466 g/mol. The van der Waals surface area contributed by atoms with Crippen molar-refractivity contribution < 1.29 is 9.53 Å². The number of pyridine rings is 1. The highest BCUT2D eigenvalue weighted by molar-refractivity contribution is 5.94. The minimum absolute atomic E-state index is 0. The third-order valence-electron chi connectivity index (χ3n) is 5.68. The highest BCUT2D eigenvalue weighted by Crippen LogP contribution is 2.24. The summed E-state index contributed by atoms with van der Waals surface area (Å²) in [4.78, 5) is 21.8. The Bertz CT molecular complexity index is 812. The number of piperazine rings is 1. The molecule has 1 aromatic heterocycles. The largest absolute Gasteiger partial charge is 0.373 e. The fourth-order valence-electron chi connectivity index (χ4n) is 4.41. The van der Waals surface area contributed by atoms with Gasteiger partial charge in [-0.2, -0.15) is 0 Å². The summed E-state index contributed by atoms with van der Waals surface area (Å²) in [6, 6.07) is 12.1. The zero-order valence-electron chi connectivity index (χ0n) is 18.1. The molecule has 2 aliphatic rings. The molecule has 1 N–H and O–H groups in total. The Hall–Kier alpha value is -1.70. The van der Waals surface area contributed by atoms with Crippen LogP contribution in [0.1, 0.15) is 41.4 Å². The van der Waals surface area contributed by atoms with E-state index >= 15 is 0 Å². The molecule has 0 spiro atoms. The number of amides is 1. The van der Waals surface area contributed by atoms with E-state index in [2.05, 4.69) is 41.2 Å². The first-order valence-electron chi connectivity index (χ1n) is 10.5. The van der Waals surface area contributed by atoms with Crippen molar-refractivity contribution in [2.75, 3.05) is 32.7 Å². The van der Waals surface area contributed by atoms with E-state index < -0.39 is 0 Å². The summed E-state index contributed by atoms with van der Waals surface area (Å²) in [6.45, 7) is 9.28. The minimum atomic E-state index is 0. The van der Waals surface area contributed by atoms with Gasteiger partial charge in [0, 0.05) is 57.2 Å². The number of nitrogens with one attached hydrogen (secondary N) is 1. The van der Waals surface area contributed by atoms with E-state index in [1.165, 1.54) is 5.56 Å². The number of ether oxygens (including phenoxy) is 1. The van der Waals surface area contributed by atoms with Crippen LogP contribution in [0.15, 0.2) is 48.8 Å². The summed E-state index contributed by atoms with van der Waals surface area (Å²) >= 11 is 0. The number of aromatic nitrogens is 1. The molecule has 2 aliphatic heterocycles. The third-order valence-corrected chi connectivity index (χ3v) is 5.68. The molecule has 4 rings (SSSR count). The van der Waals surface area contributed by atoms with Crippen molar-refractivity contribution in [1.82, 2.24) is 20.1 Å². The van der Waals surface area contributed by atoms with E-state index in [1.54, 1.807) is 6.20 Å². The first-order valence-corrected chi connectivity index (χ1v) is 10.5. The summed E-state index contributed by atoms with van der Waals surface area (Å²) in [7, 11) is 0. The van der Waals surface area contributed by atoms with E-state index in [0.717, 1.165) is 43.9 Å². The quantitative estimate of drug-likeness (QED) is 0.748. The van der Waals surface area contributed by atoms with Gasteiger partial charge in [0.2, 0.25) is 0 Å². The van der Waals surface area contributed by atoms with Gasteiger partial charge in [0.15, 0.2) is 0 Å². The van der Waals surface area contributed by atoms with Gasteiger partial charge in [-0.3, -0.25) is 14.7 Å². The highest BCUT2D eigenvalue weighted by Gasteiger charge is 2.29. The Morgan fingerprint density at radius 1 is 1.13 bits per heavy atom. The summed E-state index contributed by atoms with van der Waals surface area (Å²) in [5.41, 5.74) is 3.04. The number of nitrogens with zero attached hydrogens (tertiary/aromatic N) is 3. The standard InChI is InChI=1S/C23H30N4O2.2ClH/c1-17-14-26(15-18(2)29-17)16-19-5-7-20(8-6-19)23(28)27-11-10-25-13-22(27)21-4-3-9-24-12-21;;/h3-9,12,17-18,22,25H,10-11,13-16H2,1-2H3;2*1H. The van der Waals surface area contributed by atoms with Gasteiger partial charge in [0.05, 0.1) is 18.2 Å². The van der Waals surface area contributed by atoms with Gasteiger partial charge < -0.3 is 15.0 Å². The lowest BCUT2D eigenvalue weighted by atomic mass is 10.0. The number of hydrogen-bond donors (Lipinski definition) is 1. The first-order chi connectivity index (χ1) is 14.1. The van der Waals surface area contributed by atoms with Crippen LogP contribution in [0.25, 0.3) is 0 Å². The van der Waals surface area contributed by atoms with Crippen molar-refractivity contribution in [2.24, 2.45) is 0 Å². The van der Waals surface area contributed by atoms with Crippen LogP contribution in [0, 0.1) is 0 Å². The number of morpholine rings is 1. The summed E-state index contributed by atoms with van der Waals surface area (Å²) in [6.07, 6.45) is 4.14. The average Bonchev–Trinajstić information content (AvgIpc) is 2.74. The fraction of sp³-hybridized carbons (Fsp3) is 0.478. The van der Waals surface area contributed by atoms with Gasteiger partial charge in [-0.25, -0.2) is 0 Å². The second-order valence-electron chi connectivity index (χ2n) is 8.15. The summed E-state index contributed by atoms with van der Waals surface area (Å²) in [5.74, 6) is 0.0838. The van der Waals surface area contributed by atoms with Crippen molar-refractivity contribution >= 4 is 30.7 Å². The van der Waals surface area contributed by atoms with Gasteiger partial charge in [-0.15, -0.1) is 24.8 Å². The van der Waals surface area contributed by atoms with E-state index in [0.29, 0.717) is 6.54 Å². The lowest BCUT2D eigenvalue weighted by Crippen LogP contribution is -2.48. The molecule has 8 heteroatoms. The Kier molecular flexibility index (Phi) is 9.72. The second-order valence-corrected chi connectivity index (χ2v) is 8.15. The molecule has 1 amide bonds. The first kappa shape index (κ1) is 25.6. The molecule has 2 aromatic rings. The Morgan fingerprint density at radius 3 is 2.48 bits per heavy atom. The molecule has 3 unspecified atom stereocenters. The smallest absolute Gasteiger partial charge is 0.254 e. The molecule has 3 atom stereocenters. The van der Waals surface area contributed by atoms with Gasteiger partial charge in [-0.05, 0) is 43.2 Å². The van der Waals surface area contributed by atoms with E-state index in [9.17, 15) is 4.79 Å². The molecule has 0 radical (unpaired) electrons. The molecule has 0 bridgehead atoms. The lowest BCUT2D eigenvalue weighted by Gasteiger charge is -2.36. The van der Waals surface area contributed by atoms with Crippen molar-refractivity contribution in [3.05, 3.63) is 65.5 Å². The van der Waals surface area contributed by atoms with Crippen LogP contribution in [-0.4, -0.2) is 65.6 Å². The number of hydrogen-bond acceptors (Lipinski definition) is 5. The molecule has 31 heavy (non-hydrogen) atoms. The predicted molar refractivity (Wildman–Crippen MR) is 127 cm³/mol. The van der Waals surface area contributed by atoms with E-state index in [1.807, 2.05) is 35.4 Å². The fourth-order valence-corrected chi connectivity index (χ4v) is 4.41. The Morgan fingerprint density at radius 2 is 1.84 bits per heavy atom. The normalized spacial score (nSPS) is 24.1. The number of halogens is 2. The summed E-state index contributed by atoms with van der Waals surface area (Å²) < 4.78 is 5.82. The molecule has 0 aliphatic carbocycles. The second kappa shape index (κ2) is 11.8. The third kappa shape index (κ3) is 6.40. The van der Waals surface area contributed by atoms with Crippen LogP contribution < -0.4 is 5.32 Å². The minimum Gasteiger partial charge on any atom is -0.373 e. The van der Waals surface area contributed by atoms with Crippen LogP contribution >= 0.6 is 24.8 Å². The topological polar surface area (TPSA) is 57.7 Å². The summed E-state index contributed by atoms with van der Waals surface area (Å²) in [5, 5.41) is 3.39. The molecule has 1 aromatic carbocycles. The van der Waals surface area contributed by atoms with E-state index in [4.69, 9.17) is 4.74 Å².